The van der Waals surface area contributed by atoms with E-state index in [4.69, 9.17) is 4.42 Å². The van der Waals surface area contributed by atoms with Gasteiger partial charge in [-0.2, -0.15) is 0 Å². The Morgan fingerprint density at radius 3 is 3.00 bits per heavy atom. The second-order valence-electron chi connectivity index (χ2n) is 4.56. The fraction of sp³-hybridized carbons (Fsp3) is 0.538. The van der Waals surface area contributed by atoms with Gasteiger partial charge in [-0.1, -0.05) is 13.3 Å². The van der Waals surface area contributed by atoms with Crippen LogP contribution < -0.4 is 0 Å². The van der Waals surface area contributed by atoms with Gasteiger partial charge in [0, 0.05) is 13.0 Å². The molecule has 0 N–H and O–H groups in total. The maximum atomic E-state index is 11.8. The van der Waals surface area contributed by atoms with Crippen molar-refractivity contribution in [3.05, 3.63) is 23.7 Å². The van der Waals surface area contributed by atoms with Crippen LogP contribution in [0.2, 0.25) is 0 Å². The molecule has 1 unspecified atom stereocenters. The van der Waals surface area contributed by atoms with Crippen molar-refractivity contribution in [2.45, 2.75) is 32.7 Å². The first-order valence-corrected chi connectivity index (χ1v) is 6.04. The molecule has 4 heteroatoms. The second-order valence-corrected chi connectivity index (χ2v) is 4.56. The topological polar surface area (TPSA) is 50.5 Å². The van der Waals surface area contributed by atoms with E-state index >= 15 is 0 Å². The Morgan fingerprint density at radius 2 is 2.35 bits per heavy atom. The van der Waals surface area contributed by atoms with E-state index < -0.39 is 0 Å². The zero-order chi connectivity index (χ0) is 12.3. The van der Waals surface area contributed by atoms with Crippen LogP contribution in [0.25, 0.3) is 0 Å². The second kappa shape index (κ2) is 5.17. The first-order chi connectivity index (χ1) is 8.22. The zero-order valence-electron chi connectivity index (χ0n) is 10.0. The smallest absolute Gasteiger partial charge is 0.223 e. The van der Waals surface area contributed by atoms with Crippen LogP contribution in [-0.2, 0) is 11.3 Å². The number of aldehydes is 1. The van der Waals surface area contributed by atoms with E-state index in [0.29, 0.717) is 36.7 Å². The third-order valence-electron chi connectivity index (χ3n) is 3.14. The van der Waals surface area contributed by atoms with Crippen molar-refractivity contribution in [2.24, 2.45) is 5.92 Å². The molecule has 1 aliphatic rings. The van der Waals surface area contributed by atoms with Crippen molar-refractivity contribution in [3.63, 3.8) is 0 Å². The monoisotopic (exact) mass is 235 g/mol. The Kier molecular flexibility index (Phi) is 3.61. The predicted octanol–water partition coefficient (Wildman–Crippen LogP) is 2.24. The fourth-order valence-corrected chi connectivity index (χ4v) is 2.34. The number of carbonyl (C=O) groups is 2. The minimum Gasteiger partial charge on any atom is -0.456 e. The van der Waals surface area contributed by atoms with Gasteiger partial charge in [0.2, 0.25) is 5.91 Å². The summed E-state index contributed by atoms with van der Waals surface area (Å²) in [7, 11) is 0. The van der Waals surface area contributed by atoms with Crippen LogP contribution in [0.4, 0.5) is 0 Å². The normalized spacial score (nSPS) is 19.9. The lowest BCUT2D eigenvalue weighted by Crippen LogP contribution is -2.24. The van der Waals surface area contributed by atoms with Crippen LogP contribution in [0.15, 0.2) is 16.5 Å². The molecule has 1 aliphatic heterocycles. The van der Waals surface area contributed by atoms with E-state index in [0.717, 1.165) is 19.4 Å². The molecule has 1 saturated heterocycles. The Hall–Kier alpha value is -1.58. The number of hydrogen-bond acceptors (Lipinski definition) is 3. The van der Waals surface area contributed by atoms with E-state index in [9.17, 15) is 9.59 Å². The van der Waals surface area contributed by atoms with Gasteiger partial charge >= 0.3 is 0 Å². The summed E-state index contributed by atoms with van der Waals surface area (Å²) in [5.74, 6) is 1.66. The van der Waals surface area contributed by atoms with Gasteiger partial charge in [-0.25, -0.2) is 0 Å². The average Bonchev–Trinajstić information content (AvgIpc) is 2.88. The van der Waals surface area contributed by atoms with Crippen LogP contribution in [0.3, 0.4) is 0 Å². The van der Waals surface area contributed by atoms with E-state index in [1.807, 2.05) is 4.90 Å². The van der Waals surface area contributed by atoms with E-state index in [1.165, 1.54) is 0 Å². The fourth-order valence-electron chi connectivity index (χ4n) is 2.34. The summed E-state index contributed by atoms with van der Waals surface area (Å²) >= 11 is 0. The lowest BCUT2D eigenvalue weighted by atomic mass is 10.0. The van der Waals surface area contributed by atoms with Crippen LogP contribution in [0, 0.1) is 5.92 Å². The molecular weight excluding hydrogens is 218 g/mol. The van der Waals surface area contributed by atoms with Gasteiger partial charge in [-0.3, -0.25) is 9.59 Å². The third-order valence-corrected chi connectivity index (χ3v) is 3.14. The van der Waals surface area contributed by atoms with Crippen LogP contribution in [0.5, 0.6) is 0 Å². The van der Waals surface area contributed by atoms with Crippen molar-refractivity contribution in [2.75, 3.05) is 6.54 Å². The minimum absolute atomic E-state index is 0.188. The highest BCUT2D eigenvalue weighted by Crippen LogP contribution is 2.24. The van der Waals surface area contributed by atoms with E-state index in [2.05, 4.69) is 6.92 Å². The van der Waals surface area contributed by atoms with Gasteiger partial charge in [0.25, 0.3) is 0 Å². The van der Waals surface area contributed by atoms with Crippen molar-refractivity contribution in [1.29, 1.82) is 0 Å². The van der Waals surface area contributed by atoms with Crippen molar-refractivity contribution >= 4 is 12.2 Å². The lowest BCUT2D eigenvalue weighted by molar-refractivity contribution is -0.128. The molecule has 1 amide bonds. The number of hydrogen-bond donors (Lipinski definition) is 0. The Bertz CT molecular complexity index is 411. The highest BCUT2D eigenvalue weighted by molar-refractivity contribution is 5.78. The first-order valence-electron chi connectivity index (χ1n) is 6.04. The molecule has 2 rings (SSSR count). The maximum Gasteiger partial charge on any atom is 0.223 e. The molecule has 92 valence electrons. The predicted molar refractivity (Wildman–Crippen MR) is 62.5 cm³/mol. The van der Waals surface area contributed by atoms with Crippen molar-refractivity contribution < 1.29 is 14.0 Å². The molecule has 0 saturated carbocycles. The lowest BCUT2D eigenvalue weighted by Gasteiger charge is -2.14. The number of amides is 1. The average molecular weight is 235 g/mol. The summed E-state index contributed by atoms with van der Waals surface area (Å²) in [4.78, 5) is 24.1. The molecule has 17 heavy (non-hydrogen) atoms. The number of likely N-dealkylation sites (tertiary alicyclic amines) is 1. The number of carbonyl (C=O) groups excluding carboxylic acids is 2. The Morgan fingerprint density at radius 1 is 1.53 bits per heavy atom. The third kappa shape index (κ3) is 2.75. The Balaban J connectivity index is 1.95. The molecule has 0 radical (unpaired) electrons. The van der Waals surface area contributed by atoms with Gasteiger partial charge in [-0.15, -0.1) is 0 Å². The summed E-state index contributed by atoms with van der Waals surface area (Å²) < 4.78 is 5.28. The minimum atomic E-state index is 0.188. The number of nitrogens with zero attached hydrogens (tertiary/aromatic N) is 1. The summed E-state index contributed by atoms with van der Waals surface area (Å²) in [5.41, 5.74) is 0. The summed E-state index contributed by atoms with van der Waals surface area (Å²) in [6.45, 7) is 3.42. The van der Waals surface area contributed by atoms with E-state index in [-0.39, 0.29) is 5.91 Å². The van der Waals surface area contributed by atoms with Gasteiger partial charge in [0.15, 0.2) is 12.0 Å². The molecule has 1 aromatic rings. The van der Waals surface area contributed by atoms with Gasteiger partial charge in [0.1, 0.15) is 5.76 Å². The summed E-state index contributed by atoms with van der Waals surface area (Å²) in [5, 5.41) is 0. The largest absolute Gasteiger partial charge is 0.456 e. The van der Waals surface area contributed by atoms with Crippen LogP contribution in [0.1, 0.15) is 42.5 Å². The molecule has 2 heterocycles. The van der Waals surface area contributed by atoms with Crippen LogP contribution in [-0.4, -0.2) is 23.6 Å². The van der Waals surface area contributed by atoms with Gasteiger partial charge in [-0.05, 0) is 24.5 Å². The summed E-state index contributed by atoms with van der Waals surface area (Å²) in [6, 6.07) is 3.39. The number of furan rings is 1. The zero-order valence-corrected chi connectivity index (χ0v) is 10.0. The molecule has 0 bridgehead atoms. The standard InChI is InChI=1S/C13H17NO3/c1-2-3-10-6-13(16)14(7-10)8-11-4-5-12(9-15)17-11/h4-5,9-10H,2-3,6-8H2,1H3. The summed E-state index contributed by atoms with van der Waals surface area (Å²) in [6.07, 6.45) is 3.53. The quantitative estimate of drug-likeness (QED) is 0.735. The first kappa shape index (κ1) is 11.9. The maximum absolute atomic E-state index is 11.8. The molecule has 4 nitrogen and oxygen atoms in total. The van der Waals surface area contributed by atoms with Crippen molar-refractivity contribution in [3.8, 4) is 0 Å². The molecular formula is C13H17NO3. The SMILES string of the molecule is CCCC1CC(=O)N(Cc2ccc(C=O)o2)C1. The van der Waals surface area contributed by atoms with Gasteiger partial charge < -0.3 is 9.32 Å². The molecule has 1 fully saturated rings. The van der Waals surface area contributed by atoms with Gasteiger partial charge in [0.05, 0.1) is 6.54 Å². The van der Waals surface area contributed by atoms with Crippen molar-refractivity contribution in [1.82, 2.24) is 4.90 Å². The van der Waals surface area contributed by atoms with E-state index in [1.54, 1.807) is 12.1 Å². The molecule has 0 spiro atoms. The molecule has 0 aromatic carbocycles. The number of rotatable bonds is 5. The molecule has 1 atom stereocenters. The highest BCUT2D eigenvalue weighted by atomic mass is 16.3. The van der Waals surface area contributed by atoms with Crippen LogP contribution >= 0.6 is 0 Å². The Labute approximate surface area is 101 Å². The molecule has 0 aliphatic carbocycles. The molecule has 1 aromatic heterocycles. The highest BCUT2D eigenvalue weighted by Gasteiger charge is 2.29.